The number of aromatic amines is 1. The molecule has 2 saturated heterocycles. The van der Waals surface area contributed by atoms with Crippen molar-refractivity contribution in [1.29, 1.82) is 0 Å². The van der Waals surface area contributed by atoms with Gasteiger partial charge in [0.25, 0.3) is 0 Å². The summed E-state index contributed by atoms with van der Waals surface area (Å²) in [5.74, 6) is 0.218. The predicted molar refractivity (Wildman–Crippen MR) is 90.0 cm³/mol. The Morgan fingerprint density at radius 1 is 1.70 bits per heavy atom. The van der Waals surface area contributed by atoms with Gasteiger partial charge in [0.1, 0.15) is 21.2 Å². The molecular weight excluding hydrogens is 358 g/mol. The number of rotatable bonds is 6. The Morgan fingerprint density at radius 3 is 3.22 bits per heavy atom. The first-order valence-corrected chi connectivity index (χ1v) is 10.1. The van der Waals surface area contributed by atoms with Crippen LogP contribution in [0.4, 0.5) is 0 Å². The highest BCUT2D eigenvalue weighted by Gasteiger charge is 2.56. The molecular formula is C12H17N5O3S3. The first kappa shape index (κ1) is 16.9. The lowest BCUT2D eigenvalue weighted by Crippen LogP contribution is -2.73. The number of thioether (sulfide) groups is 3. The number of esters is 1. The fraction of sp³-hybridized carbons (Fsp3) is 0.667. The molecule has 2 fully saturated rings. The summed E-state index contributed by atoms with van der Waals surface area (Å²) in [4.78, 5) is 26.1. The van der Waals surface area contributed by atoms with Crippen molar-refractivity contribution in [2.45, 2.75) is 28.1 Å². The Bertz CT molecular complexity index is 587. The Balaban J connectivity index is 1.67. The number of carbonyl (C=O) groups is 2. The number of carbonyl (C=O) groups excluding carboxylic acids is 2. The molecule has 11 heteroatoms. The van der Waals surface area contributed by atoms with E-state index in [0.29, 0.717) is 24.0 Å². The molecule has 0 aliphatic carbocycles. The number of ether oxygens (including phenoxy) is 1. The average Bonchev–Trinajstić information content (AvgIpc) is 3.07. The molecule has 126 valence electrons. The first-order valence-electron chi connectivity index (χ1n) is 7.05. The number of nitrogens with zero attached hydrogens (tertiary/aromatic N) is 3. The van der Waals surface area contributed by atoms with E-state index in [4.69, 9.17) is 10.5 Å². The molecule has 3 heterocycles. The van der Waals surface area contributed by atoms with E-state index < -0.39 is 10.8 Å². The molecule has 8 nitrogen and oxygen atoms in total. The van der Waals surface area contributed by atoms with Gasteiger partial charge in [0, 0.05) is 17.4 Å². The van der Waals surface area contributed by atoms with E-state index in [-0.39, 0.29) is 17.3 Å². The maximum atomic E-state index is 12.5. The number of hydrogen-bond acceptors (Lipinski definition) is 9. The van der Waals surface area contributed by atoms with Gasteiger partial charge in [0.05, 0.1) is 12.8 Å². The molecule has 2 unspecified atom stereocenters. The monoisotopic (exact) mass is 375 g/mol. The predicted octanol–water partition coefficient (Wildman–Crippen LogP) is 0.132. The van der Waals surface area contributed by atoms with Gasteiger partial charge in [-0.1, -0.05) is 17.0 Å². The van der Waals surface area contributed by atoms with Crippen LogP contribution in [0.15, 0.2) is 11.2 Å². The molecule has 23 heavy (non-hydrogen) atoms. The van der Waals surface area contributed by atoms with E-state index in [1.54, 1.807) is 29.8 Å². The molecule has 3 atom stereocenters. The van der Waals surface area contributed by atoms with Gasteiger partial charge in [-0.15, -0.1) is 28.6 Å². The van der Waals surface area contributed by atoms with Crippen molar-refractivity contribution in [3.05, 3.63) is 6.20 Å². The topological polar surface area (TPSA) is 114 Å². The van der Waals surface area contributed by atoms with Gasteiger partial charge in [0.15, 0.2) is 0 Å². The number of hydrogen-bond donors (Lipinski definition) is 2. The molecule has 2 aliphatic heterocycles. The van der Waals surface area contributed by atoms with Crippen molar-refractivity contribution in [3.8, 4) is 0 Å². The molecule has 0 spiro atoms. The highest BCUT2D eigenvalue weighted by Crippen LogP contribution is 2.45. The van der Waals surface area contributed by atoms with E-state index in [0.717, 1.165) is 5.03 Å². The van der Waals surface area contributed by atoms with Gasteiger partial charge in [-0.05, 0) is 6.92 Å². The minimum Gasteiger partial charge on any atom is -0.465 e. The molecule has 1 aromatic heterocycles. The lowest BCUT2D eigenvalue weighted by Gasteiger charge is -2.52. The summed E-state index contributed by atoms with van der Waals surface area (Å²) in [5, 5.41) is 11.6. The molecule has 0 bridgehead atoms. The summed E-state index contributed by atoms with van der Waals surface area (Å²) in [7, 11) is 0. The minimum absolute atomic E-state index is 0.0184. The molecule has 1 amide bonds. The van der Waals surface area contributed by atoms with E-state index in [1.807, 2.05) is 0 Å². The zero-order valence-corrected chi connectivity index (χ0v) is 14.9. The maximum Gasteiger partial charge on any atom is 0.324 e. The third-order valence-corrected chi connectivity index (χ3v) is 7.86. The number of nitrogens with two attached hydrogens (primary N) is 1. The Kier molecular flexibility index (Phi) is 5.09. The maximum absolute atomic E-state index is 12.5. The van der Waals surface area contributed by atoms with Gasteiger partial charge in [-0.3, -0.25) is 14.7 Å². The van der Waals surface area contributed by atoms with Gasteiger partial charge in [-0.2, -0.15) is 0 Å². The largest absolute Gasteiger partial charge is 0.465 e. The van der Waals surface area contributed by atoms with Gasteiger partial charge >= 0.3 is 5.97 Å². The summed E-state index contributed by atoms with van der Waals surface area (Å²) < 4.78 is 4.50. The highest BCUT2D eigenvalue weighted by atomic mass is 32.2. The van der Waals surface area contributed by atoms with Gasteiger partial charge in [0.2, 0.25) is 5.91 Å². The lowest BCUT2D eigenvalue weighted by atomic mass is 10.0. The fourth-order valence-electron chi connectivity index (χ4n) is 2.45. The minimum atomic E-state index is -0.757. The van der Waals surface area contributed by atoms with Crippen molar-refractivity contribution >= 4 is 47.2 Å². The molecule has 2 aliphatic rings. The molecule has 0 radical (unpaired) electrons. The zero-order chi connectivity index (χ0) is 16.4. The van der Waals surface area contributed by atoms with Crippen LogP contribution in [0.5, 0.6) is 0 Å². The Labute approximate surface area is 146 Å². The summed E-state index contributed by atoms with van der Waals surface area (Å²) in [5.41, 5.74) is 5.81. The van der Waals surface area contributed by atoms with Crippen LogP contribution in [0.25, 0.3) is 0 Å². The quantitative estimate of drug-likeness (QED) is 0.310. The van der Waals surface area contributed by atoms with E-state index in [1.165, 1.54) is 23.5 Å². The second-order valence-electron chi connectivity index (χ2n) is 5.14. The summed E-state index contributed by atoms with van der Waals surface area (Å²) in [6.45, 7) is 2.45. The SMILES string of the molecule is CCOC(=O)C1(SCSc2cnn[nH]2)CS[C@@H]2C(N)C(=O)N2C1. The van der Waals surface area contributed by atoms with Crippen LogP contribution in [0.2, 0.25) is 0 Å². The van der Waals surface area contributed by atoms with Crippen LogP contribution in [0.3, 0.4) is 0 Å². The molecule has 1 aromatic rings. The van der Waals surface area contributed by atoms with Crippen LogP contribution < -0.4 is 5.73 Å². The number of aromatic nitrogens is 3. The second kappa shape index (κ2) is 6.91. The average molecular weight is 376 g/mol. The number of β-lactam (4-membered cyclic amide) rings is 1. The van der Waals surface area contributed by atoms with Crippen molar-refractivity contribution in [1.82, 2.24) is 20.3 Å². The molecule has 3 rings (SSSR count). The van der Waals surface area contributed by atoms with Crippen LogP contribution >= 0.6 is 35.3 Å². The normalized spacial score (nSPS) is 29.8. The first-order chi connectivity index (χ1) is 11.1. The molecule has 0 aromatic carbocycles. The van der Waals surface area contributed by atoms with Crippen LogP contribution in [0.1, 0.15) is 6.92 Å². The Hall–Kier alpha value is -0.910. The van der Waals surface area contributed by atoms with Gasteiger partial charge in [-0.25, -0.2) is 0 Å². The zero-order valence-electron chi connectivity index (χ0n) is 12.4. The van der Waals surface area contributed by atoms with E-state index in [2.05, 4.69) is 15.4 Å². The smallest absolute Gasteiger partial charge is 0.324 e. The highest BCUT2D eigenvalue weighted by molar-refractivity contribution is 8.17. The summed E-state index contributed by atoms with van der Waals surface area (Å²) in [6, 6.07) is -0.448. The standard InChI is InChI=1S/C12H17N5O3S3/c1-2-20-11(19)12(23-6-22-7-3-14-16-15-7)4-17-9(18)8(13)10(17)21-5-12/h3,8,10H,2,4-6,13H2,1H3,(H,14,15,16)/t8?,10-,12?/m1/s1. The van der Waals surface area contributed by atoms with Crippen LogP contribution in [-0.2, 0) is 14.3 Å². The molecule has 3 N–H and O–H groups in total. The van der Waals surface area contributed by atoms with Gasteiger partial charge < -0.3 is 15.4 Å². The molecule has 0 saturated carbocycles. The number of nitrogens with one attached hydrogen (secondary N) is 1. The van der Waals surface area contributed by atoms with Crippen molar-refractivity contribution < 1.29 is 14.3 Å². The second-order valence-corrected chi connectivity index (χ2v) is 8.98. The third-order valence-electron chi connectivity index (χ3n) is 3.69. The van der Waals surface area contributed by atoms with E-state index in [9.17, 15) is 9.59 Å². The fourth-order valence-corrected chi connectivity index (χ4v) is 6.60. The summed E-state index contributed by atoms with van der Waals surface area (Å²) in [6.07, 6.45) is 1.63. The third kappa shape index (κ3) is 3.19. The van der Waals surface area contributed by atoms with Crippen molar-refractivity contribution in [2.75, 3.05) is 24.0 Å². The number of fused-ring (bicyclic) bond motifs is 1. The van der Waals surface area contributed by atoms with Crippen LogP contribution in [-0.4, -0.2) is 72.3 Å². The van der Waals surface area contributed by atoms with Crippen molar-refractivity contribution in [2.24, 2.45) is 5.73 Å². The van der Waals surface area contributed by atoms with Crippen LogP contribution in [0, 0.1) is 0 Å². The Morgan fingerprint density at radius 2 is 2.52 bits per heavy atom. The van der Waals surface area contributed by atoms with E-state index >= 15 is 0 Å². The lowest BCUT2D eigenvalue weighted by molar-refractivity contribution is -0.151. The number of amides is 1. The number of H-pyrrole nitrogens is 1. The van der Waals surface area contributed by atoms with Crippen molar-refractivity contribution in [3.63, 3.8) is 0 Å². The summed E-state index contributed by atoms with van der Waals surface area (Å²) >= 11 is 4.56.